The largest absolute Gasteiger partial charge is 0.494 e. The van der Waals surface area contributed by atoms with Crippen LogP contribution in [0.5, 0.6) is 11.5 Å². The lowest BCUT2D eigenvalue weighted by atomic mass is 9.97. The van der Waals surface area contributed by atoms with E-state index >= 15 is 0 Å². The zero-order chi connectivity index (χ0) is 23.7. The second-order valence-electron chi connectivity index (χ2n) is 8.28. The molecule has 2 atom stereocenters. The number of carbonyl (C=O) groups is 1. The third-order valence-electron chi connectivity index (χ3n) is 5.89. The number of unbranched alkanes of at least 4 members (excludes halogenated alkanes) is 1. The molecule has 2 aromatic carbocycles. The van der Waals surface area contributed by atoms with Gasteiger partial charge >= 0.3 is 5.97 Å². The molecule has 0 saturated carbocycles. The minimum atomic E-state index is -3.74. The zero-order valence-electron chi connectivity index (χ0n) is 19.1. The van der Waals surface area contributed by atoms with Crippen LogP contribution in [0.3, 0.4) is 0 Å². The zero-order valence-corrected chi connectivity index (χ0v) is 19.9. The normalized spacial score (nSPS) is 19.2. The molecule has 0 aromatic heterocycles. The van der Waals surface area contributed by atoms with Gasteiger partial charge in [0.1, 0.15) is 16.9 Å². The van der Waals surface area contributed by atoms with E-state index in [2.05, 4.69) is 6.92 Å². The third kappa shape index (κ3) is 6.95. The van der Waals surface area contributed by atoms with Crippen molar-refractivity contribution < 1.29 is 27.8 Å². The van der Waals surface area contributed by atoms with E-state index in [1.54, 1.807) is 24.3 Å². The highest BCUT2D eigenvalue weighted by Crippen LogP contribution is 2.31. The van der Waals surface area contributed by atoms with Gasteiger partial charge in [0.05, 0.1) is 24.0 Å². The highest BCUT2D eigenvalue weighted by atomic mass is 32.2. The van der Waals surface area contributed by atoms with Gasteiger partial charge in [-0.05, 0) is 62.1 Å². The standard InChI is InChI=1S/C25H33NO6S/c1-2-3-17-31-22-10-12-23(13-11-22)33(29,30)24-19-20(25(27)28)14-16-26(24)15-7-18-32-21-8-5-4-6-9-21/h4-6,8-13,20,24H,2-3,7,14-19H2,1H3,(H,27,28). The minimum Gasteiger partial charge on any atom is -0.494 e. The van der Waals surface area contributed by atoms with E-state index in [4.69, 9.17) is 9.47 Å². The van der Waals surface area contributed by atoms with Gasteiger partial charge < -0.3 is 14.6 Å². The van der Waals surface area contributed by atoms with Crippen molar-refractivity contribution in [1.29, 1.82) is 0 Å². The first-order chi connectivity index (χ1) is 15.9. The number of rotatable bonds is 12. The minimum absolute atomic E-state index is 0.0754. The summed E-state index contributed by atoms with van der Waals surface area (Å²) < 4.78 is 38.3. The molecule has 33 heavy (non-hydrogen) atoms. The average Bonchev–Trinajstić information content (AvgIpc) is 2.83. The Hall–Kier alpha value is -2.58. The monoisotopic (exact) mass is 475 g/mol. The Bertz CT molecular complexity index is 978. The summed E-state index contributed by atoms with van der Waals surface area (Å²) in [5, 5.41) is 8.63. The lowest BCUT2D eigenvalue weighted by molar-refractivity contribution is -0.143. The van der Waals surface area contributed by atoms with Crippen LogP contribution in [0.2, 0.25) is 0 Å². The number of likely N-dealkylation sites (tertiary alicyclic amines) is 1. The summed E-state index contributed by atoms with van der Waals surface area (Å²) in [6, 6.07) is 15.9. The molecule has 0 bridgehead atoms. The second kappa shape index (κ2) is 12.0. The SMILES string of the molecule is CCCCOc1ccc(S(=O)(=O)C2CC(C(=O)O)CCN2CCCOc2ccccc2)cc1. The second-order valence-corrected chi connectivity index (χ2v) is 10.4. The Morgan fingerprint density at radius 2 is 1.64 bits per heavy atom. The average molecular weight is 476 g/mol. The molecule has 1 N–H and O–H groups in total. The first kappa shape index (κ1) is 25.1. The number of carboxylic acids is 1. The summed E-state index contributed by atoms with van der Waals surface area (Å²) in [5.41, 5.74) is 0. The quantitative estimate of drug-likeness (QED) is 0.459. The maximum Gasteiger partial charge on any atom is 0.306 e. The fourth-order valence-corrected chi connectivity index (χ4v) is 5.89. The highest BCUT2D eigenvalue weighted by molar-refractivity contribution is 7.92. The molecule has 0 aliphatic carbocycles. The van der Waals surface area contributed by atoms with E-state index in [9.17, 15) is 18.3 Å². The molecule has 3 rings (SSSR count). The number of hydrogen-bond donors (Lipinski definition) is 1. The molecule has 0 amide bonds. The number of aliphatic carboxylic acids is 1. The van der Waals surface area contributed by atoms with Crippen molar-refractivity contribution in [2.75, 3.05) is 26.3 Å². The van der Waals surface area contributed by atoms with Crippen molar-refractivity contribution in [2.24, 2.45) is 5.92 Å². The van der Waals surface area contributed by atoms with Crippen molar-refractivity contribution >= 4 is 15.8 Å². The molecule has 1 fully saturated rings. The van der Waals surface area contributed by atoms with E-state index in [1.165, 1.54) is 0 Å². The molecule has 0 spiro atoms. The van der Waals surface area contributed by atoms with Crippen LogP contribution in [-0.4, -0.2) is 56.1 Å². The Morgan fingerprint density at radius 1 is 1.00 bits per heavy atom. The summed E-state index contributed by atoms with van der Waals surface area (Å²) in [4.78, 5) is 13.7. The predicted molar refractivity (Wildman–Crippen MR) is 126 cm³/mol. The number of sulfone groups is 1. The molecule has 0 radical (unpaired) electrons. The van der Waals surface area contributed by atoms with Crippen LogP contribution >= 0.6 is 0 Å². The summed E-state index contributed by atoms with van der Waals surface area (Å²) in [7, 11) is -3.74. The Morgan fingerprint density at radius 3 is 2.27 bits per heavy atom. The van der Waals surface area contributed by atoms with Crippen LogP contribution in [-0.2, 0) is 14.6 Å². The molecule has 2 aromatic rings. The van der Waals surface area contributed by atoms with Crippen LogP contribution < -0.4 is 9.47 Å². The van der Waals surface area contributed by atoms with Gasteiger partial charge in [-0.3, -0.25) is 9.69 Å². The maximum atomic E-state index is 13.5. The van der Waals surface area contributed by atoms with Crippen molar-refractivity contribution in [3.05, 3.63) is 54.6 Å². The smallest absolute Gasteiger partial charge is 0.306 e. The van der Waals surface area contributed by atoms with E-state index in [-0.39, 0.29) is 11.3 Å². The fraction of sp³-hybridized carbons (Fsp3) is 0.480. The molecular formula is C25H33NO6S. The maximum absolute atomic E-state index is 13.5. The van der Waals surface area contributed by atoms with Crippen LogP contribution in [0.15, 0.2) is 59.5 Å². The number of hydrogen-bond acceptors (Lipinski definition) is 6. The molecule has 1 aliphatic rings. The molecule has 180 valence electrons. The molecule has 1 heterocycles. The Kier molecular flexibility index (Phi) is 9.14. The van der Waals surface area contributed by atoms with Gasteiger partial charge in [0, 0.05) is 13.1 Å². The molecule has 7 nitrogen and oxygen atoms in total. The van der Waals surface area contributed by atoms with Gasteiger partial charge in [-0.2, -0.15) is 0 Å². The van der Waals surface area contributed by atoms with Gasteiger partial charge in [0.2, 0.25) is 0 Å². The van der Waals surface area contributed by atoms with Gasteiger partial charge in [-0.25, -0.2) is 8.42 Å². The number of nitrogens with zero attached hydrogens (tertiary/aromatic N) is 1. The Labute approximate surface area is 196 Å². The topological polar surface area (TPSA) is 93.1 Å². The number of para-hydroxylation sites is 1. The van der Waals surface area contributed by atoms with Crippen molar-refractivity contribution in [3.63, 3.8) is 0 Å². The Balaban J connectivity index is 1.67. The fourth-order valence-electron chi connectivity index (χ4n) is 3.97. The number of piperidine rings is 1. The first-order valence-electron chi connectivity index (χ1n) is 11.5. The number of ether oxygens (including phenoxy) is 2. The summed E-state index contributed by atoms with van der Waals surface area (Å²) in [6.07, 6.45) is 3.10. The van der Waals surface area contributed by atoms with Gasteiger partial charge in [-0.1, -0.05) is 31.5 Å². The summed E-state index contributed by atoms with van der Waals surface area (Å²) in [5.74, 6) is -0.211. The lowest BCUT2D eigenvalue weighted by Gasteiger charge is -2.37. The van der Waals surface area contributed by atoms with Crippen molar-refractivity contribution in [2.45, 2.75) is 49.3 Å². The van der Waals surface area contributed by atoms with Gasteiger partial charge in [-0.15, -0.1) is 0 Å². The molecule has 1 saturated heterocycles. The highest BCUT2D eigenvalue weighted by Gasteiger charge is 2.40. The van der Waals surface area contributed by atoms with Crippen LogP contribution in [0.25, 0.3) is 0 Å². The lowest BCUT2D eigenvalue weighted by Crippen LogP contribution is -2.48. The molecule has 1 aliphatic heterocycles. The van der Waals surface area contributed by atoms with E-state index in [1.807, 2.05) is 35.2 Å². The van der Waals surface area contributed by atoms with Crippen molar-refractivity contribution in [1.82, 2.24) is 4.90 Å². The van der Waals surface area contributed by atoms with E-state index < -0.39 is 27.1 Å². The van der Waals surface area contributed by atoms with Crippen LogP contribution in [0.1, 0.15) is 39.0 Å². The summed E-state index contributed by atoms with van der Waals surface area (Å²) >= 11 is 0. The number of carboxylic acid groups (broad SMARTS) is 1. The molecule has 2 unspecified atom stereocenters. The van der Waals surface area contributed by atoms with E-state index in [0.717, 1.165) is 18.6 Å². The predicted octanol–water partition coefficient (Wildman–Crippen LogP) is 4.23. The third-order valence-corrected chi connectivity index (χ3v) is 8.02. The summed E-state index contributed by atoms with van der Waals surface area (Å²) in [6.45, 7) is 4.06. The molecular weight excluding hydrogens is 442 g/mol. The van der Waals surface area contributed by atoms with Crippen LogP contribution in [0.4, 0.5) is 0 Å². The van der Waals surface area contributed by atoms with Gasteiger partial charge in [0.15, 0.2) is 9.84 Å². The van der Waals surface area contributed by atoms with Gasteiger partial charge in [0.25, 0.3) is 0 Å². The van der Waals surface area contributed by atoms with E-state index in [0.29, 0.717) is 44.9 Å². The number of benzene rings is 2. The first-order valence-corrected chi connectivity index (χ1v) is 13.1. The van der Waals surface area contributed by atoms with Crippen molar-refractivity contribution in [3.8, 4) is 11.5 Å². The van der Waals surface area contributed by atoms with Crippen LogP contribution in [0, 0.1) is 5.92 Å². The molecule has 8 heteroatoms.